The first kappa shape index (κ1) is 9.93. The maximum atomic E-state index is 12.9. The maximum absolute atomic E-state index is 12.9. The highest BCUT2D eigenvalue weighted by molar-refractivity contribution is 5.13. The first-order chi connectivity index (χ1) is 6.32. The molecule has 0 saturated heterocycles. The SMILES string of the molecule is FC(F)(F)C(F)(F)C1CC2C=CC1C2. The number of allylic oxidation sites excluding steroid dienone is 2. The summed E-state index contributed by atoms with van der Waals surface area (Å²) >= 11 is 0. The highest BCUT2D eigenvalue weighted by Crippen LogP contribution is 2.54. The number of hydrogen-bond donors (Lipinski definition) is 0. The van der Waals surface area contributed by atoms with Gasteiger partial charge in [-0.3, -0.25) is 0 Å². The van der Waals surface area contributed by atoms with Crippen LogP contribution in [0.15, 0.2) is 12.2 Å². The first-order valence-electron chi connectivity index (χ1n) is 4.45. The number of fused-ring (bicyclic) bond motifs is 2. The van der Waals surface area contributed by atoms with E-state index < -0.39 is 23.9 Å². The number of alkyl halides is 5. The molecule has 0 N–H and O–H groups in total. The van der Waals surface area contributed by atoms with E-state index in [1.807, 2.05) is 0 Å². The molecular formula is C9H9F5. The standard InChI is InChI=1S/C9H9F5/c10-8(11,9(12,13)14)7-4-5-1-2-6(7)3-5/h1-2,5-7H,3-4H2. The van der Waals surface area contributed by atoms with Gasteiger partial charge in [0.05, 0.1) is 0 Å². The molecule has 5 heteroatoms. The minimum atomic E-state index is -5.41. The Morgan fingerprint density at radius 2 is 1.57 bits per heavy atom. The summed E-state index contributed by atoms with van der Waals surface area (Å²) in [7, 11) is 0. The van der Waals surface area contributed by atoms with Gasteiger partial charge in [0.15, 0.2) is 0 Å². The van der Waals surface area contributed by atoms with E-state index in [4.69, 9.17) is 0 Å². The predicted octanol–water partition coefficient (Wildman–Crippen LogP) is 3.40. The zero-order valence-electron chi connectivity index (χ0n) is 7.19. The van der Waals surface area contributed by atoms with Crippen LogP contribution in [0, 0.1) is 17.8 Å². The van der Waals surface area contributed by atoms with Gasteiger partial charge in [-0.25, -0.2) is 0 Å². The summed E-state index contributed by atoms with van der Waals surface area (Å²) in [6.07, 6.45) is -1.74. The highest BCUT2D eigenvalue weighted by atomic mass is 19.4. The van der Waals surface area contributed by atoms with Gasteiger partial charge in [0.25, 0.3) is 0 Å². The van der Waals surface area contributed by atoms with Gasteiger partial charge in [-0.2, -0.15) is 22.0 Å². The van der Waals surface area contributed by atoms with Crippen LogP contribution >= 0.6 is 0 Å². The van der Waals surface area contributed by atoms with Gasteiger partial charge in [-0.05, 0) is 24.7 Å². The summed E-state index contributed by atoms with van der Waals surface area (Å²) < 4.78 is 62.0. The minimum Gasteiger partial charge on any atom is -0.196 e. The molecule has 0 heterocycles. The van der Waals surface area contributed by atoms with Crippen molar-refractivity contribution in [2.75, 3.05) is 0 Å². The first-order valence-corrected chi connectivity index (χ1v) is 4.45. The Bertz CT molecular complexity index is 265. The Morgan fingerprint density at radius 1 is 0.929 bits per heavy atom. The van der Waals surface area contributed by atoms with Crippen molar-refractivity contribution in [3.8, 4) is 0 Å². The summed E-state index contributed by atoms with van der Waals surface area (Å²) in [5.41, 5.74) is 0. The van der Waals surface area contributed by atoms with E-state index in [-0.39, 0.29) is 12.3 Å². The third-order valence-electron chi connectivity index (χ3n) is 3.12. The van der Waals surface area contributed by atoms with Crippen LogP contribution in [0.25, 0.3) is 0 Å². The van der Waals surface area contributed by atoms with Gasteiger partial charge >= 0.3 is 12.1 Å². The lowest BCUT2D eigenvalue weighted by molar-refractivity contribution is -0.305. The van der Waals surface area contributed by atoms with Crippen LogP contribution in [0.5, 0.6) is 0 Å². The normalized spacial score (nSPS) is 36.8. The summed E-state index contributed by atoms with van der Waals surface area (Å²) in [6.45, 7) is 0. The molecule has 2 rings (SSSR count). The molecular weight excluding hydrogens is 203 g/mol. The molecule has 2 aliphatic rings. The lowest BCUT2D eigenvalue weighted by atomic mass is 9.87. The molecule has 0 nitrogen and oxygen atoms in total. The molecule has 1 fully saturated rings. The van der Waals surface area contributed by atoms with Crippen LogP contribution in [0.4, 0.5) is 22.0 Å². The molecule has 0 aromatic rings. The summed E-state index contributed by atoms with van der Waals surface area (Å²) in [4.78, 5) is 0. The van der Waals surface area contributed by atoms with Gasteiger partial charge in [-0.1, -0.05) is 12.2 Å². The molecule has 3 unspecified atom stereocenters. The average molecular weight is 212 g/mol. The van der Waals surface area contributed by atoms with Crippen LogP contribution in [-0.4, -0.2) is 12.1 Å². The molecule has 14 heavy (non-hydrogen) atoms. The third-order valence-corrected chi connectivity index (χ3v) is 3.12. The fourth-order valence-corrected chi connectivity index (χ4v) is 2.41. The molecule has 2 bridgehead atoms. The largest absolute Gasteiger partial charge is 0.453 e. The second-order valence-electron chi connectivity index (χ2n) is 4.01. The molecule has 2 aliphatic carbocycles. The molecule has 0 aromatic carbocycles. The number of halogens is 5. The van der Waals surface area contributed by atoms with Crippen molar-refractivity contribution in [2.24, 2.45) is 17.8 Å². The molecule has 0 spiro atoms. The van der Waals surface area contributed by atoms with E-state index in [0.717, 1.165) is 0 Å². The van der Waals surface area contributed by atoms with Crippen molar-refractivity contribution < 1.29 is 22.0 Å². The fraction of sp³-hybridized carbons (Fsp3) is 0.778. The van der Waals surface area contributed by atoms with Crippen molar-refractivity contribution in [3.05, 3.63) is 12.2 Å². The Hall–Kier alpha value is -0.610. The maximum Gasteiger partial charge on any atom is 0.453 e. The zero-order chi connectivity index (χ0) is 10.6. The van der Waals surface area contributed by atoms with Gasteiger partial charge in [-0.15, -0.1) is 0 Å². The quantitative estimate of drug-likeness (QED) is 0.461. The molecule has 1 saturated carbocycles. The fourth-order valence-electron chi connectivity index (χ4n) is 2.41. The van der Waals surface area contributed by atoms with Gasteiger partial charge in [0.1, 0.15) is 0 Å². The topological polar surface area (TPSA) is 0 Å². The Kier molecular flexibility index (Phi) is 1.92. The minimum absolute atomic E-state index is 0.0341. The molecule has 3 atom stereocenters. The smallest absolute Gasteiger partial charge is 0.196 e. The second kappa shape index (κ2) is 2.70. The van der Waals surface area contributed by atoms with E-state index >= 15 is 0 Å². The molecule has 80 valence electrons. The summed E-state index contributed by atoms with van der Waals surface area (Å²) in [5, 5.41) is 0. The van der Waals surface area contributed by atoms with Crippen LogP contribution < -0.4 is 0 Å². The predicted molar refractivity (Wildman–Crippen MR) is 39.8 cm³/mol. The van der Waals surface area contributed by atoms with Crippen molar-refractivity contribution in [2.45, 2.75) is 24.9 Å². The van der Waals surface area contributed by atoms with Gasteiger partial charge in [0, 0.05) is 5.92 Å². The molecule has 0 amide bonds. The van der Waals surface area contributed by atoms with Gasteiger partial charge < -0.3 is 0 Å². The number of rotatable bonds is 1. The van der Waals surface area contributed by atoms with Crippen LogP contribution in [0.3, 0.4) is 0 Å². The Balaban J connectivity index is 2.20. The molecule has 0 aromatic heterocycles. The Morgan fingerprint density at radius 3 is 1.93 bits per heavy atom. The lowest BCUT2D eigenvalue weighted by Gasteiger charge is -2.29. The van der Waals surface area contributed by atoms with Crippen LogP contribution in [0.2, 0.25) is 0 Å². The Labute approximate surface area is 77.8 Å². The van der Waals surface area contributed by atoms with Crippen LogP contribution in [0.1, 0.15) is 12.8 Å². The molecule has 0 aliphatic heterocycles. The third kappa shape index (κ3) is 1.25. The second-order valence-corrected chi connectivity index (χ2v) is 4.01. The summed E-state index contributed by atoms with van der Waals surface area (Å²) in [5.74, 6) is -6.73. The summed E-state index contributed by atoms with van der Waals surface area (Å²) in [6, 6.07) is 0. The lowest BCUT2D eigenvalue weighted by Crippen LogP contribution is -2.45. The van der Waals surface area contributed by atoms with Crippen molar-refractivity contribution in [1.29, 1.82) is 0 Å². The van der Waals surface area contributed by atoms with E-state index in [9.17, 15) is 22.0 Å². The highest BCUT2D eigenvalue weighted by Gasteiger charge is 2.65. The van der Waals surface area contributed by atoms with Crippen LogP contribution in [-0.2, 0) is 0 Å². The van der Waals surface area contributed by atoms with Crippen molar-refractivity contribution >= 4 is 0 Å². The van der Waals surface area contributed by atoms with Crippen molar-refractivity contribution in [3.63, 3.8) is 0 Å². The van der Waals surface area contributed by atoms with Gasteiger partial charge in [0.2, 0.25) is 0 Å². The van der Waals surface area contributed by atoms with E-state index in [1.54, 1.807) is 6.08 Å². The van der Waals surface area contributed by atoms with E-state index in [1.165, 1.54) is 6.08 Å². The monoisotopic (exact) mass is 212 g/mol. The number of hydrogen-bond acceptors (Lipinski definition) is 0. The van der Waals surface area contributed by atoms with E-state index in [2.05, 4.69) is 0 Å². The zero-order valence-corrected chi connectivity index (χ0v) is 7.19. The van der Waals surface area contributed by atoms with Crippen molar-refractivity contribution in [1.82, 2.24) is 0 Å². The molecule has 0 radical (unpaired) electrons. The van der Waals surface area contributed by atoms with E-state index in [0.29, 0.717) is 6.42 Å². The average Bonchev–Trinajstić information content (AvgIpc) is 2.61.